The lowest BCUT2D eigenvalue weighted by molar-refractivity contribution is 0.110. The molecule has 0 aliphatic rings. The van der Waals surface area contributed by atoms with Gasteiger partial charge in [0.15, 0.2) is 0 Å². The molecule has 0 aromatic rings. The van der Waals surface area contributed by atoms with E-state index in [-0.39, 0.29) is 6.61 Å². The van der Waals surface area contributed by atoms with Gasteiger partial charge in [0.25, 0.3) is 0 Å². The number of rotatable bonds is 2. The number of carbonyl (C=O) groups is 1. The van der Waals surface area contributed by atoms with Crippen LogP contribution in [0.2, 0.25) is 0 Å². The molecular formula is C4H8N4O2. The van der Waals surface area contributed by atoms with E-state index in [4.69, 9.17) is 11.1 Å². The molecule has 1 amide bonds. The molecule has 0 heterocycles. The largest absolute Gasteiger partial charge is 0.448 e. The minimum absolute atomic E-state index is 0.207. The number of hydrazine groups is 2. The third kappa shape index (κ3) is 2.30. The molecule has 6 heteroatoms. The van der Waals surface area contributed by atoms with Gasteiger partial charge in [0.2, 0.25) is 6.19 Å². The van der Waals surface area contributed by atoms with Crippen LogP contribution < -0.4 is 11.4 Å². The fourth-order valence-corrected chi connectivity index (χ4v) is 0.310. The smallest absolute Gasteiger partial charge is 0.439 e. The zero-order valence-electron chi connectivity index (χ0n) is 5.50. The molecule has 0 saturated carbocycles. The standard InChI is InChI=1S/C4H8N4O2/c1-2-10-4(9)8(3-5)7-6/h7H,2,6H2,1H3. The Morgan fingerprint density at radius 3 is 2.90 bits per heavy atom. The van der Waals surface area contributed by atoms with Crippen molar-refractivity contribution in [2.75, 3.05) is 6.61 Å². The van der Waals surface area contributed by atoms with Crippen molar-refractivity contribution in [3.63, 3.8) is 0 Å². The maximum atomic E-state index is 10.5. The number of nitriles is 1. The maximum absolute atomic E-state index is 10.5. The van der Waals surface area contributed by atoms with Crippen LogP contribution in [0.5, 0.6) is 0 Å². The molecule has 0 bridgehead atoms. The van der Waals surface area contributed by atoms with Crippen molar-refractivity contribution in [2.45, 2.75) is 6.92 Å². The Labute approximate surface area is 58.1 Å². The van der Waals surface area contributed by atoms with Crippen LogP contribution in [-0.2, 0) is 4.74 Å². The Bertz CT molecular complexity index is 152. The summed E-state index contributed by atoms with van der Waals surface area (Å²) in [6, 6.07) is 0. The molecule has 0 rings (SSSR count). The summed E-state index contributed by atoms with van der Waals surface area (Å²) in [5, 5.41) is 8.63. The Morgan fingerprint density at radius 1 is 2.00 bits per heavy atom. The Hall–Kier alpha value is -1.32. The summed E-state index contributed by atoms with van der Waals surface area (Å²) in [7, 11) is 0. The van der Waals surface area contributed by atoms with Crippen molar-refractivity contribution >= 4 is 6.09 Å². The molecule has 0 spiro atoms. The molecule has 56 valence electrons. The molecule has 3 N–H and O–H groups in total. The molecule has 0 unspecified atom stereocenters. The van der Waals surface area contributed by atoms with Gasteiger partial charge in [0.05, 0.1) is 6.61 Å². The highest BCUT2D eigenvalue weighted by Crippen LogP contribution is 1.84. The van der Waals surface area contributed by atoms with Crippen LogP contribution in [0.4, 0.5) is 4.79 Å². The molecule has 10 heavy (non-hydrogen) atoms. The van der Waals surface area contributed by atoms with Crippen LogP contribution in [-0.4, -0.2) is 17.7 Å². The van der Waals surface area contributed by atoms with E-state index < -0.39 is 6.09 Å². The molecule has 6 nitrogen and oxygen atoms in total. The first-order valence-electron chi connectivity index (χ1n) is 2.59. The van der Waals surface area contributed by atoms with Gasteiger partial charge in [-0.1, -0.05) is 0 Å². The molecule has 0 saturated heterocycles. The fourth-order valence-electron chi connectivity index (χ4n) is 0.310. The summed E-state index contributed by atoms with van der Waals surface area (Å²) in [5.41, 5.74) is 1.83. The van der Waals surface area contributed by atoms with Gasteiger partial charge in [-0.05, 0) is 6.92 Å². The number of nitrogens with one attached hydrogen (secondary N) is 1. The Balaban J connectivity index is 3.80. The second-order valence-electron chi connectivity index (χ2n) is 1.26. The zero-order chi connectivity index (χ0) is 7.98. The third-order valence-corrected chi connectivity index (χ3v) is 0.679. The van der Waals surface area contributed by atoms with E-state index in [0.29, 0.717) is 5.01 Å². The lowest BCUT2D eigenvalue weighted by atomic mass is 10.8. The number of hydrogen-bond donors (Lipinski definition) is 2. The van der Waals surface area contributed by atoms with E-state index in [1.807, 2.05) is 5.53 Å². The van der Waals surface area contributed by atoms with Gasteiger partial charge in [0, 0.05) is 0 Å². The normalized spacial score (nSPS) is 8.10. The quantitative estimate of drug-likeness (QED) is 0.231. The van der Waals surface area contributed by atoms with Gasteiger partial charge in [0.1, 0.15) is 0 Å². The van der Waals surface area contributed by atoms with E-state index in [2.05, 4.69) is 4.74 Å². The summed E-state index contributed by atoms with van der Waals surface area (Å²) < 4.78 is 4.41. The SMILES string of the molecule is CCOC(=O)N(C#N)NN. The summed E-state index contributed by atoms with van der Waals surface area (Å²) in [6.45, 7) is 1.84. The molecule has 0 radical (unpaired) electrons. The number of ether oxygens (including phenoxy) is 1. The molecule has 0 aliphatic carbocycles. The fraction of sp³-hybridized carbons (Fsp3) is 0.500. The van der Waals surface area contributed by atoms with E-state index in [9.17, 15) is 4.79 Å². The Morgan fingerprint density at radius 2 is 2.60 bits per heavy atom. The van der Waals surface area contributed by atoms with Gasteiger partial charge in [-0.3, -0.25) is 5.84 Å². The second kappa shape index (κ2) is 4.55. The van der Waals surface area contributed by atoms with Crippen LogP contribution in [0.25, 0.3) is 0 Å². The highest BCUT2D eigenvalue weighted by molar-refractivity contribution is 5.68. The minimum Gasteiger partial charge on any atom is -0.448 e. The summed E-state index contributed by atoms with van der Waals surface area (Å²) >= 11 is 0. The zero-order valence-corrected chi connectivity index (χ0v) is 5.50. The number of nitrogens with zero attached hydrogens (tertiary/aromatic N) is 2. The second-order valence-corrected chi connectivity index (χ2v) is 1.26. The summed E-state index contributed by atoms with van der Waals surface area (Å²) in [5.74, 6) is 4.77. The lowest BCUT2D eigenvalue weighted by Gasteiger charge is -2.09. The number of hydrogen-bond acceptors (Lipinski definition) is 5. The highest BCUT2D eigenvalue weighted by Gasteiger charge is 2.10. The van der Waals surface area contributed by atoms with Gasteiger partial charge in [-0.25, -0.2) is 4.79 Å². The van der Waals surface area contributed by atoms with Crippen LogP contribution in [0, 0.1) is 11.5 Å². The molecular weight excluding hydrogens is 136 g/mol. The van der Waals surface area contributed by atoms with Crippen molar-refractivity contribution in [1.29, 1.82) is 5.26 Å². The first kappa shape index (κ1) is 8.68. The molecule has 0 aliphatic heterocycles. The van der Waals surface area contributed by atoms with Crippen molar-refractivity contribution in [3.05, 3.63) is 0 Å². The van der Waals surface area contributed by atoms with Crippen molar-refractivity contribution in [2.24, 2.45) is 5.84 Å². The minimum atomic E-state index is -0.812. The summed E-state index contributed by atoms with van der Waals surface area (Å²) in [4.78, 5) is 10.5. The van der Waals surface area contributed by atoms with Crippen LogP contribution in [0.1, 0.15) is 6.92 Å². The average molecular weight is 144 g/mol. The predicted molar refractivity (Wildman–Crippen MR) is 31.8 cm³/mol. The van der Waals surface area contributed by atoms with E-state index in [1.165, 1.54) is 6.19 Å². The van der Waals surface area contributed by atoms with Gasteiger partial charge in [-0.2, -0.15) is 10.8 Å². The van der Waals surface area contributed by atoms with Crippen LogP contribution in [0.15, 0.2) is 0 Å². The third-order valence-electron chi connectivity index (χ3n) is 0.679. The Kier molecular flexibility index (Phi) is 3.95. The highest BCUT2D eigenvalue weighted by atomic mass is 16.6. The van der Waals surface area contributed by atoms with Gasteiger partial charge < -0.3 is 4.74 Å². The molecule has 0 aromatic heterocycles. The molecule has 0 fully saturated rings. The van der Waals surface area contributed by atoms with E-state index >= 15 is 0 Å². The predicted octanol–water partition coefficient (Wildman–Crippen LogP) is -0.696. The maximum Gasteiger partial charge on any atom is 0.439 e. The topological polar surface area (TPSA) is 91.4 Å². The molecule has 0 aromatic carbocycles. The number of carbonyl (C=O) groups excluding carboxylic acids is 1. The van der Waals surface area contributed by atoms with Crippen molar-refractivity contribution in [1.82, 2.24) is 10.5 Å². The van der Waals surface area contributed by atoms with Crippen molar-refractivity contribution < 1.29 is 9.53 Å². The van der Waals surface area contributed by atoms with E-state index in [1.54, 1.807) is 6.92 Å². The first-order valence-corrected chi connectivity index (χ1v) is 2.59. The lowest BCUT2D eigenvalue weighted by Crippen LogP contribution is -2.43. The van der Waals surface area contributed by atoms with Gasteiger partial charge >= 0.3 is 6.09 Å². The van der Waals surface area contributed by atoms with Crippen LogP contribution >= 0.6 is 0 Å². The van der Waals surface area contributed by atoms with E-state index in [0.717, 1.165) is 0 Å². The monoisotopic (exact) mass is 144 g/mol. The van der Waals surface area contributed by atoms with Crippen LogP contribution in [0.3, 0.4) is 0 Å². The van der Waals surface area contributed by atoms with Crippen molar-refractivity contribution in [3.8, 4) is 6.19 Å². The average Bonchev–Trinajstić information content (AvgIpc) is 1.91. The number of amides is 1. The summed E-state index contributed by atoms with van der Waals surface area (Å²) in [6.07, 6.45) is 0.646. The number of nitrogens with two attached hydrogens (primary N) is 1. The first-order chi connectivity index (χ1) is 4.76. The molecule has 0 atom stereocenters. The van der Waals surface area contributed by atoms with Gasteiger partial charge in [-0.15, -0.1) is 5.01 Å².